The minimum absolute atomic E-state index is 0.00288. The van der Waals surface area contributed by atoms with Crippen molar-refractivity contribution in [3.63, 3.8) is 0 Å². The van der Waals surface area contributed by atoms with E-state index in [1.165, 1.54) is 7.05 Å². The van der Waals surface area contributed by atoms with Crippen molar-refractivity contribution in [2.24, 2.45) is 4.99 Å². The first kappa shape index (κ1) is 13.0. The van der Waals surface area contributed by atoms with Gasteiger partial charge in [0, 0.05) is 18.6 Å². The van der Waals surface area contributed by atoms with Crippen LogP contribution in [-0.4, -0.2) is 50.1 Å². The monoisotopic (exact) mass is 283 g/mol. The molecule has 1 N–H and O–H groups in total. The molecule has 0 aliphatic rings. The van der Waals surface area contributed by atoms with Crippen molar-refractivity contribution >= 4 is 29.2 Å². The van der Waals surface area contributed by atoms with Crippen LogP contribution in [-0.2, 0) is 4.74 Å². The third-order valence-corrected chi connectivity index (χ3v) is 2.57. The van der Waals surface area contributed by atoms with Crippen LogP contribution in [0, 0.1) is 0 Å². The minimum Gasteiger partial charge on any atom is -0.448 e. The second-order valence-electron chi connectivity index (χ2n) is 3.12. The molecular weight excluding hydrogens is 274 g/mol. The molecule has 19 heavy (non-hydrogen) atoms. The number of nitrogens with zero attached hydrogens (tertiary/aromatic N) is 6. The Bertz CT molecular complexity index is 691. The average Bonchev–Trinajstić information content (AvgIpc) is 2.83. The lowest BCUT2D eigenvalue weighted by atomic mass is 10.4. The van der Waals surface area contributed by atoms with Crippen LogP contribution >= 0.6 is 11.5 Å². The maximum atomic E-state index is 11.5. The predicted molar refractivity (Wildman–Crippen MR) is 62.4 cm³/mol. The number of carbonyl (C=O) groups is 2. The molecule has 2 amide bonds. The molecule has 0 spiro atoms. The molecule has 2 heterocycles. The Hall–Kier alpha value is -2.43. The van der Waals surface area contributed by atoms with Crippen LogP contribution in [0.4, 0.5) is 4.79 Å². The first-order chi connectivity index (χ1) is 9.17. The number of aromatic nitrogens is 5. The standard InChI is InChI=1S/C8H9N7O3S/c1-3-18-8(17)10-7-15-5(12-14-19-7)4(11-13-15)6(16)9-2/h3H2,1-2H3,(H,9,16)/b10-7-. The van der Waals surface area contributed by atoms with Crippen LogP contribution in [0.5, 0.6) is 0 Å². The summed E-state index contributed by atoms with van der Waals surface area (Å²) in [4.78, 5) is 26.6. The lowest BCUT2D eigenvalue weighted by Gasteiger charge is -1.94. The third kappa shape index (κ3) is 2.54. The zero-order chi connectivity index (χ0) is 13.8. The second kappa shape index (κ2) is 5.48. The molecule has 2 aromatic heterocycles. The van der Waals surface area contributed by atoms with E-state index in [2.05, 4.69) is 34.9 Å². The third-order valence-electron chi connectivity index (χ3n) is 1.98. The van der Waals surface area contributed by atoms with Crippen molar-refractivity contribution in [1.82, 2.24) is 29.7 Å². The highest BCUT2D eigenvalue weighted by Gasteiger charge is 2.16. The average molecular weight is 283 g/mol. The van der Waals surface area contributed by atoms with Gasteiger partial charge in [0.15, 0.2) is 5.69 Å². The number of ether oxygens (including phenoxy) is 1. The molecule has 2 rings (SSSR count). The topological polar surface area (TPSA) is 124 Å². The Kier molecular flexibility index (Phi) is 3.75. The molecule has 0 atom stereocenters. The van der Waals surface area contributed by atoms with Crippen molar-refractivity contribution < 1.29 is 14.3 Å². The number of carbonyl (C=O) groups excluding carboxylic acids is 2. The highest BCUT2D eigenvalue weighted by molar-refractivity contribution is 7.02. The van der Waals surface area contributed by atoms with Crippen molar-refractivity contribution in [1.29, 1.82) is 0 Å². The molecule has 100 valence electrons. The fourth-order valence-corrected chi connectivity index (χ4v) is 1.70. The van der Waals surface area contributed by atoms with Gasteiger partial charge >= 0.3 is 6.09 Å². The first-order valence-corrected chi connectivity index (χ1v) is 5.96. The highest BCUT2D eigenvalue weighted by atomic mass is 32.1. The number of hydrogen-bond acceptors (Lipinski definition) is 8. The van der Waals surface area contributed by atoms with Gasteiger partial charge in [0.1, 0.15) is 0 Å². The molecule has 0 aliphatic carbocycles. The van der Waals surface area contributed by atoms with Crippen LogP contribution in [0.25, 0.3) is 5.65 Å². The van der Waals surface area contributed by atoms with E-state index >= 15 is 0 Å². The fourth-order valence-electron chi connectivity index (χ4n) is 1.20. The SMILES string of the molecule is CCOC(=O)/N=c1\snnc2c(C(=O)NC)nnn12. The Morgan fingerprint density at radius 2 is 2.26 bits per heavy atom. The molecule has 0 unspecified atom stereocenters. The van der Waals surface area contributed by atoms with Gasteiger partial charge in [-0.1, -0.05) is 9.70 Å². The minimum atomic E-state index is -0.773. The molecule has 0 saturated heterocycles. The summed E-state index contributed by atoms with van der Waals surface area (Å²) in [5, 5.41) is 13.5. The highest BCUT2D eigenvalue weighted by Crippen LogP contribution is 2.00. The molecular formula is C8H9N7O3S. The van der Waals surface area contributed by atoms with Gasteiger partial charge in [-0.3, -0.25) is 4.79 Å². The summed E-state index contributed by atoms with van der Waals surface area (Å²) in [6, 6.07) is 0. The normalized spacial score (nSPS) is 11.6. The zero-order valence-electron chi connectivity index (χ0n) is 10.0. The maximum absolute atomic E-state index is 11.5. The van der Waals surface area contributed by atoms with E-state index in [9.17, 15) is 9.59 Å². The molecule has 0 fully saturated rings. The number of amides is 2. The second-order valence-corrected chi connectivity index (χ2v) is 3.83. The van der Waals surface area contributed by atoms with E-state index < -0.39 is 12.0 Å². The van der Waals surface area contributed by atoms with Crippen LogP contribution in [0.1, 0.15) is 17.4 Å². The lowest BCUT2D eigenvalue weighted by Crippen LogP contribution is -2.20. The molecule has 0 bridgehead atoms. The first-order valence-electron chi connectivity index (χ1n) is 5.19. The summed E-state index contributed by atoms with van der Waals surface area (Å²) in [6.45, 7) is 1.87. The Balaban J connectivity index is 2.56. The summed E-state index contributed by atoms with van der Waals surface area (Å²) in [6.07, 6.45) is -0.773. The summed E-state index contributed by atoms with van der Waals surface area (Å²) in [5.41, 5.74) is 0.115. The van der Waals surface area contributed by atoms with Crippen LogP contribution in [0.2, 0.25) is 0 Å². The van der Waals surface area contributed by atoms with Gasteiger partial charge in [0.05, 0.1) is 6.61 Å². The van der Waals surface area contributed by atoms with Gasteiger partial charge in [0.25, 0.3) is 5.91 Å². The Morgan fingerprint density at radius 3 is 2.95 bits per heavy atom. The summed E-state index contributed by atoms with van der Waals surface area (Å²) < 4.78 is 9.52. The van der Waals surface area contributed by atoms with Crippen LogP contribution in [0.3, 0.4) is 0 Å². The maximum Gasteiger partial charge on any atom is 0.436 e. The lowest BCUT2D eigenvalue weighted by molar-refractivity contribution is 0.0959. The van der Waals surface area contributed by atoms with E-state index in [4.69, 9.17) is 0 Å². The molecule has 0 radical (unpaired) electrons. The molecule has 0 aliphatic heterocycles. The van der Waals surface area contributed by atoms with Gasteiger partial charge in [-0.25, -0.2) is 4.79 Å². The Labute approximate surface area is 110 Å². The number of fused-ring (bicyclic) bond motifs is 1. The van der Waals surface area contributed by atoms with Gasteiger partial charge in [-0.15, -0.1) is 15.2 Å². The van der Waals surface area contributed by atoms with E-state index in [0.717, 1.165) is 16.0 Å². The van der Waals surface area contributed by atoms with E-state index in [0.29, 0.717) is 0 Å². The van der Waals surface area contributed by atoms with E-state index in [1.54, 1.807) is 6.92 Å². The molecule has 0 saturated carbocycles. The van der Waals surface area contributed by atoms with E-state index in [-0.39, 0.29) is 22.7 Å². The molecule has 0 aromatic carbocycles. The smallest absolute Gasteiger partial charge is 0.436 e. The van der Waals surface area contributed by atoms with Gasteiger partial charge in [-0.05, 0) is 6.92 Å². The predicted octanol–water partition coefficient (Wildman–Crippen LogP) is -1.00. The van der Waals surface area contributed by atoms with Gasteiger partial charge in [0.2, 0.25) is 10.4 Å². The van der Waals surface area contributed by atoms with Crippen molar-refractivity contribution in [2.75, 3.05) is 13.7 Å². The van der Waals surface area contributed by atoms with Crippen molar-refractivity contribution in [3.8, 4) is 0 Å². The number of rotatable bonds is 2. The zero-order valence-corrected chi connectivity index (χ0v) is 10.8. The summed E-state index contributed by atoms with van der Waals surface area (Å²) >= 11 is 0.829. The fraction of sp³-hybridized carbons (Fsp3) is 0.375. The summed E-state index contributed by atoms with van der Waals surface area (Å²) in [7, 11) is 1.45. The molecule has 10 nitrogen and oxygen atoms in total. The van der Waals surface area contributed by atoms with Crippen LogP contribution in [0.15, 0.2) is 4.99 Å². The molecule has 11 heteroatoms. The van der Waals surface area contributed by atoms with Gasteiger partial charge in [-0.2, -0.15) is 4.52 Å². The largest absolute Gasteiger partial charge is 0.448 e. The molecule has 2 aromatic rings. The Morgan fingerprint density at radius 1 is 1.47 bits per heavy atom. The van der Waals surface area contributed by atoms with Crippen LogP contribution < -0.4 is 10.1 Å². The number of nitrogens with one attached hydrogen (secondary N) is 1. The number of hydrogen-bond donors (Lipinski definition) is 1. The van der Waals surface area contributed by atoms with Crippen molar-refractivity contribution in [3.05, 3.63) is 10.5 Å². The van der Waals surface area contributed by atoms with Crippen molar-refractivity contribution in [2.45, 2.75) is 6.92 Å². The quantitative estimate of drug-likeness (QED) is 0.749. The van der Waals surface area contributed by atoms with E-state index in [1.807, 2.05) is 0 Å². The van der Waals surface area contributed by atoms with Gasteiger partial charge < -0.3 is 10.1 Å². The summed E-state index contributed by atoms with van der Waals surface area (Å²) in [5.74, 6) is -0.456.